The van der Waals surface area contributed by atoms with Crippen molar-refractivity contribution in [3.05, 3.63) is 77.9 Å². The van der Waals surface area contributed by atoms with Crippen LogP contribution >= 0.6 is 0 Å². The molecule has 3 aromatic carbocycles. The normalized spacial score (nSPS) is 18.1. The van der Waals surface area contributed by atoms with Crippen LogP contribution in [0.4, 0.5) is 22.0 Å². The van der Waals surface area contributed by atoms with Crippen LogP contribution in [0.2, 0.25) is 0 Å². The molecule has 0 spiro atoms. The summed E-state index contributed by atoms with van der Waals surface area (Å²) in [6, 6.07) is 13.3. The van der Waals surface area contributed by atoms with Crippen molar-refractivity contribution in [3.63, 3.8) is 0 Å². The highest BCUT2D eigenvalue weighted by Gasteiger charge is 2.30. The summed E-state index contributed by atoms with van der Waals surface area (Å²) in [5.74, 6) is 4.57. The lowest BCUT2D eigenvalue weighted by Gasteiger charge is -2.25. The predicted octanol–water partition coefficient (Wildman–Crippen LogP) is 9.24. The summed E-state index contributed by atoms with van der Waals surface area (Å²) >= 11 is 0. The number of benzene rings is 3. The van der Waals surface area contributed by atoms with Gasteiger partial charge < -0.3 is 4.74 Å². The molecule has 1 fully saturated rings. The molecule has 0 aromatic heterocycles. The average Bonchev–Trinajstić information content (AvgIpc) is 2.87. The summed E-state index contributed by atoms with van der Waals surface area (Å²) in [6.07, 6.45) is 6.80. The number of alkyl halides is 3. The summed E-state index contributed by atoms with van der Waals surface area (Å²) in [6.45, 7) is 0.291. The molecule has 6 heteroatoms. The molecule has 1 nitrogen and oxygen atoms in total. The fraction of sp³-hybridized carbons (Fsp3) is 0.355. The molecule has 3 aromatic rings. The van der Waals surface area contributed by atoms with Gasteiger partial charge in [-0.1, -0.05) is 48.3 Å². The number of rotatable bonds is 6. The summed E-state index contributed by atoms with van der Waals surface area (Å²) < 4.78 is 70.6. The number of hydrogen-bond acceptors (Lipinski definition) is 1. The molecule has 0 amide bonds. The average molecular weight is 513 g/mol. The Morgan fingerprint density at radius 2 is 1.65 bits per heavy atom. The molecule has 0 aliphatic heterocycles. The molecule has 0 bridgehead atoms. The quantitative estimate of drug-likeness (QED) is 0.182. The van der Waals surface area contributed by atoms with Gasteiger partial charge in [-0.3, -0.25) is 0 Å². The van der Waals surface area contributed by atoms with Crippen molar-refractivity contribution in [1.29, 1.82) is 0 Å². The van der Waals surface area contributed by atoms with E-state index in [1.807, 2.05) is 24.3 Å². The van der Waals surface area contributed by atoms with E-state index in [2.05, 4.69) is 35.7 Å². The largest absolute Gasteiger partial charge is 0.478 e. The van der Waals surface area contributed by atoms with Gasteiger partial charge in [-0.2, -0.15) is 13.2 Å². The maximum absolute atomic E-state index is 14.7. The second-order valence-electron chi connectivity index (χ2n) is 9.55. The van der Waals surface area contributed by atoms with Crippen LogP contribution in [-0.4, -0.2) is 12.8 Å². The first-order chi connectivity index (χ1) is 17.7. The molecule has 0 heterocycles. The Balaban J connectivity index is 1.43. The van der Waals surface area contributed by atoms with Gasteiger partial charge in [0.15, 0.2) is 24.0 Å². The maximum atomic E-state index is 14.7. The van der Waals surface area contributed by atoms with E-state index in [0.29, 0.717) is 5.92 Å². The number of allylic oxidation sites excluding steroid dienone is 2. The van der Waals surface area contributed by atoms with Gasteiger partial charge in [0, 0.05) is 16.9 Å². The van der Waals surface area contributed by atoms with Crippen LogP contribution in [0.5, 0.6) is 5.75 Å². The van der Waals surface area contributed by atoms with Gasteiger partial charge in [-0.25, -0.2) is 8.78 Å². The lowest BCUT2D eigenvalue weighted by molar-refractivity contribution is -0.154. The Morgan fingerprint density at radius 1 is 0.946 bits per heavy atom. The highest BCUT2D eigenvalue weighted by molar-refractivity contribution is 5.89. The van der Waals surface area contributed by atoms with E-state index < -0.39 is 30.2 Å². The van der Waals surface area contributed by atoms with Gasteiger partial charge in [0.2, 0.25) is 0 Å². The first kappa shape index (κ1) is 26.7. The Morgan fingerprint density at radius 3 is 2.32 bits per heavy atom. The zero-order chi connectivity index (χ0) is 26.4. The van der Waals surface area contributed by atoms with Crippen LogP contribution in [0.1, 0.15) is 51.0 Å². The molecule has 0 N–H and O–H groups in total. The highest BCUT2D eigenvalue weighted by atomic mass is 19.4. The predicted molar refractivity (Wildman–Crippen MR) is 137 cm³/mol. The minimum absolute atomic E-state index is 0.0126. The smallest absolute Gasteiger partial charge is 0.422 e. The van der Waals surface area contributed by atoms with Crippen molar-refractivity contribution in [3.8, 4) is 28.7 Å². The summed E-state index contributed by atoms with van der Waals surface area (Å²) in [7, 11) is 0. The zero-order valence-electron chi connectivity index (χ0n) is 20.7. The topological polar surface area (TPSA) is 9.23 Å². The molecule has 0 saturated heterocycles. The lowest BCUT2D eigenvalue weighted by Crippen LogP contribution is -2.20. The van der Waals surface area contributed by atoms with E-state index in [9.17, 15) is 22.0 Å². The maximum Gasteiger partial charge on any atom is 0.422 e. The summed E-state index contributed by atoms with van der Waals surface area (Å²) in [5.41, 5.74) is 2.47. The fourth-order valence-electron chi connectivity index (χ4n) is 4.80. The van der Waals surface area contributed by atoms with E-state index in [-0.39, 0.29) is 10.8 Å². The van der Waals surface area contributed by atoms with E-state index in [1.165, 1.54) is 25.3 Å². The third-order valence-corrected chi connectivity index (χ3v) is 6.83. The zero-order valence-corrected chi connectivity index (χ0v) is 20.7. The van der Waals surface area contributed by atoms with E-state index >= 15 is 0 Å². The van der Waals surface area contributed by atoms with Crippen LogP contribution in [-0.2, 0) is 0 Å². The number of hydrogen-bond donors (Lipinski definition) is 0. The number of fused-ring (bicyclic) bond motifs is 1. The monoisotopic (exact) mass is 512 g/mol. The van der Waals surface area contributed by atoms with Crippen LogP contribution < -0.4 is 4.74 Å². The van der Waals surface area contributed by atoms with Crippen LogP contribution in [0.3, 0.4) is 0 Å². The number of ether oxygens (including phenoxy) is 1. The van der Waals surface area contributed by atoms with Gasteiger partial charge in [0.1, 0.15) is 0 Å². The SMILES string of the molecule is C/C=C/CCC1CCC(C#Cc2ccc(-c3ccc4c(F)c(OCC(F)(F)F)c(F)cc4c3)cc2)CC1. The fourth-order valence-corrected chi connectivity index (χ4v) is 4.80. The van der Waals surface area contributed by atoms with Crippen LogP contribution in [0.15, 0.2) is 60.7 Å². The van der Waals surface area contributed by atoms with Crippen LogP contribution in [0.25, 0.3) is 21.9 Å². The minimum Gasteiger partial charge on any atom is -0.478 e. The van der Waals surface area contributed by atoms with Crippen molar-refractivity contribution in [2.75, 3.05) is 6.61 Å². The summed E-state index contributed by atoms with van der Waals surface area (Å²) in [5, 5.41) is 0.221. The third kappa shape index (κ3) is 7.13. The Hall–Kier alpha value is -3.33. The lowest BCUT2D eigenvalue weighted by atomic mass is 9.80. The molecule has 1 aliphatic rings. The Kier molecular flexibility index (Phi) is 8.53. The van der Waals surface area contributed by atoms with Crippen molar-refractivity contribution in [2.24, 2.45) is 11.8 Å². The van der Waals surface area contributed by atoms with Gasteiger partial charge in [0.05, 0.1) is 0 Å². The molecule has 4 rings (SSSR count). The molecule has 0 radical (unpaired) electrons. The van der Waals surface area contributed by atoms with Crippen molar-refractivity contribution in [2.45, 2.75) is 51.6 Å². The van der Waals surface area contributed by atoms with Gasteiger partial charge >= 0.3 is 6.18 Å². The second-order valence-corrected chi connectivity index (χ2v) is 9.55. The molecule has 37 heavy (non-hydrogen) atoms. The molecule has 1 aliphatic carbocycles. The molecule has 194 valence electrons. The Bertz CT molecular complexity index is 1300. The molecule has 0 atom stereocenters. The molecular formula is C31H29F5O. The Labute approximate surface area is 214 Å². The van der Waals surface area contributed by atoms with Gasteiger partial charge in [-0.05, 0) is 92.1 Å². The van der Waals surface area contributed by atoms with Crippen molar-refractivity contribution >= 4 is 10.8 Å². The minimum atomic E-state index is -4.69. The summed E-state index contributed by atoms with van der Waals surface area (Å²) in [4.78, 5) is 0. The first-order valence-electron chi connectivity index (χ1n) is 12.6. The van der Waals surface area contributed by atoms with E-state index in [4.69, 9.17) is 0 Å². The van der Waals surface area contributed by atoms with E-state index in [1.54, 1.807) is 12.1 Å². The molecule has 1 saturated carbocycles. The highest BCUT2D eigenvalue weighted by Crippen LogP contribution is 2.34. The third-order valence-electron chi connectivity index (χ3n) is 6.83. The van der Waals surface area contributed by atoms with Gasteiger partial charge in [0.25, 0.3) is 0 Å². The first-order valence-corrected chi connectivity index (χ1v) is 12.6. The second kappa shape index (κ2) is 11.8. The van der Waals surface area contributed by atoms with E-state index in [0.717, 1.165) is 47.9 Å². The van der Waals surface area contributed by atoms with Crippen molar-refractivity contribution in [1.82, 2.24) is 0 Å². The van der Waals surface area contributed by atoms with Crippen LogP contribution in [0, 0.1) is 35.3 Å². The van der Waals surface area contributed by atoms with Crippen molar-refractivity contribution < 1.29 is 26.7 Å². The molecule has 0 unspecified atom stereocenters. The standard InChI is InChI=1S/C31H29F5O/c1-2-3-4-5-21-6-8-22(9-7-21)10-11-23-12-14-24(15-13-23)25-16-17-27-26(18-25)19-28(32)30(29(27)33)37-20-31(34,35)36/h2-3,12-19,21-22H,4-9,20H2,1H3/b3-2+. The van der Waals surface area contributed by atoms with Gasteiger partial charge in [-0.15, -0.1) is 0 Å². The number of halogens is 5. The molecular weight excluding hydrogens is 483 g/mol.